The minimum absolute atomic E-state index is 0.00295. The van der Waals surface area contributed by atoms with E-state index in [2.05, 4.69) is 48.4 Å². The van der Waals surface area contributed by atoms with Crippen molar-refractivity contribution in [3.05, 3.63) is 35.2 Å². The normalized spacial score (nSPS) is 11.1. The summed E-state index contributed by atoms with van der Waals surface area (Å²) in [7, 11) is 0. The largest absolute Gasteiger partial charge is 0.302 e. The van der Waals surface area contributed by atoms with Gasteiger partial charge in [0.25, 0.3) is 0 Å². The number of anilines is 1. The second kappa shape index (κ2) is 6.85. The summed E-state index contributed by atoms with van der Waals surface area (Å²) < 4.78 is 0. The topological polar surface area (TPSA) is 42.0 Å². The number of thiazole rings is 1. The van der Waals surface area contributed by atoms with Gasteiger partial charge in [-0.25, -0.2) is 4.98 Å². The lowest BCUT2D eigenvalue weighted by Gasteiger charge is -2.05. The molecule has 1 heterocycles. The molecule has 0 fully saturated rings. The Kier molecular flexibility index (Phi) is 5.12. The Balaban J connectivity index is 2.09. The van der Waals surface area contributed by atoms with Crippen LogP contribution in [0.1, 0.15) is 33.3 Å². The van der Waals surface area contributed by atoms with Crippen molar-refractivity contribution < 1.29 is 4.79 Å². The van der Waals surface area contributed by atoms with E-state index < -0.39 is 0 Å². The molecule has 0 radical (unpaired) electrons. The van der Waals surface area contributed by atoms with E-state index in [4.69, 9.17) is 0 Å². The summed E-state index contributed by atoms with van der Waals surface area (Å²) in [6, 6.07) is 8.50. The fourth-order valence-electron chi connectivity index (χ4n) is 2.00. The molecule has 0 unspecified atom stereocenters. The van der Waals surface area contributed by atoms with Crippen LogP contribution in [-0.2, 0) is 11.2 Å². The Bertz CT molecular complexity index is 600. The van der Waals surface area contributed by atoms with Crippen molar-refractivity contribution in [3.8, 4) is 11.3 Å². The second-order valence-electron chi connectivity index (χ2n) is 5.98. The van der Waals surface area contributed by atoms with Crippen LogP contribution in [0.4, 0.5) is 5.13 Å². The monoisotopic (exact) mass is 302 g/mol. The van der Waals surface area contributed by atoms with Gasteiger partial charge in [0.15, 0.2) is 5.13 Å². The molecule has 0 spiro atoms. The number of carbonyl (C=O) groups is 1. The van der Waals surface area contributed by atoms with Crippen LogP contribution >= 0.6 is 11.3 Å². The molecule has 112 valence electrons. The minimum Gasteiger partial charge on any atom is -0.302 e. The third kappa shape index (κ3) is 4.39. The van der Waals surface area contributed by atoms with E-state index in [9.17, 15) is 4.79 Å². The first-order valence-corrected chi connectivity index (χ1v) is 8.19. The molecule has 0 aliphatic carbocycles. The van der Waals surface area contributed by atoms with Crippen LogP contribution in [0.25, 0.3) is 11.3 Å². The standard InChI is InChI=1S/C17H22N2OS/c1-11(2)9-13-5-7-14(8-6-13)15-10-21-17(18-15)19-16(20)12(3)4/h5-8,10-12H,9H2,1-4H3,(H,18,19,20). The summed E-state index contributed by atoms with van der Waals surface area (Å²) in [4.78, 5) is 16.1. The van der Waals surface area contributed by atoms with E-state index in [1.165, 1.54) is 16.9 Å². The average Bonchev–Trinajstić information content (AvgIpc) is 2.87. The van der Waals surface area contributed by atoms with E-state index in [1.54, 1.807) is 0 Å². The Labute approximate surface area is 130 Å². The quantitative estimate of drug-likeness (QED) is 0.876. The van der Waals surface area contributed by atoms with Gasteiger partial charge in [-0.1, -0.05) is 52.0 Å². The summed E-state index contributed by atoms with van der Waals surface area (Å²) in [5, 5.41) is 5.48. The number of benzene rings is 1. The van der Waals surface area contributed by atoms with Gasteiger partial charge in [0.1, 0.15) is 0 Å². The van der Waals surface area contributed by atoms with Crippen LogP contribution in [0.2, 0.25) is 0 Å². The molecule has 21 heavy (non-hydrogen) atoms. The molecule has 3 nitrogen and oxygen atoms in total. The van der Waals surface area contributed by atoms with Crippen LogP contribution < -0.4 is 5.32 Å². The highest BCUT2D eigenvalue weighted by Crippen LogP contribution is 2.25. The summed E-state index contributed by atoms with van der Waals surface area (Å²) in [5.74, 6) is 0.629. The number of aromatic nitrogens is 1. The minimum atomic E-state index is -0.0346. The Morgan fingerprint density at radius 1 is 1.19 bits per heavy atom. The van der Waals surface area contributed by atoms with Gasteiger partial charge in [-0.15, -0.1) is 11.3 Å². The highest BCUT2D eigenvalue weighted by molar-refractivity contribution is 7.14. The van der Waals surface area contributed by atoms with Crippen molar-refractivity contribution in [1.82, 2.24) is 4.98 Å². The maximum absolute atomic E-state index is 11.7. The molecule has 0 saturated heterocycles. The maximum atomic E-state index is 11.7. The SMILES string of the molecule is CC(C)Cc1ccc(-c2csc(NC(=O)C(C)C)n2)cc1. The zero-order valence-electron chi connectivity index (χ0n) is 13.0. The second-order valence-corrected chi connectivity index (χ2v) is 6.83. The molecule has 4 heteroatoms. The third-order valence-corrected chi connectivity index (χ3v) is 3.91. The third-order valence-electron chi connectivity index (χ3n) is 3.15. The van der Waals surface area contributed by atoms with E-state index in [-0.39, 0.29) is 11.8 Å². The fraction of sp³-hybridized carbons (Fsp3) is 0.412. The van der Waals surface area contributed by atoms with Crippen LogP contribution in [0.3, 0.4) is 0 Å². The zero-order chi connectivity index (χ0) is 15.4. The van der Waals surface area contributed by atoms with E-state index in [0.29, 0.717) is 11.0 Å². The van der Waals surface area contributed by atoms with Gasteiger partial charge in [0.2, 0.25) is 5.91 Å². The first kappa shape index (κ1) is 15.7. The van der Waals surface area contributed by atoms with Crippen LogP contribution in [0, 0.1) is 11.8 Å². The first-order chi connectivity index (χ1) is 9.95. The Morgan fingerprint density at radius 3 is 2.43 bits per heavy atom. The van der Waals surface area contributed by atoms with E-state index in [1.807, 2.05) is 19.2 Å². The van der Waals surface area contributed by atoms with Crippen LogP contribution in [0.5, 0.6) is 0 Å². The number of amides is 1. The lowest BCUT2D eigenvalue weighted by atomic mass is 10.0. The van der Waals surface area contributed by atoms with Crippen molar-refractivity contribution in [2.45, 2.75) is 34.1 Å². The van der Waals surface area contributed by atoms with Gasteiger partial charge < -0.3 is 5.32 Å². The van der Waals surface area contributed by atoms with Gasteiger partial charge in [-0.2, -0.15) is 0 Å². The number of nitrogens with one attached hydrogen (secondary N) is 1. The number of nitrogens with zero attached hydrogens (tertiary/aromatic N) is 1. The smallest absolute Gasteiger partial charge is 0.228 e. The highest BCUT2D eigenvalue weighted by Gasteiger charge is 2.10. The lowest BCUT2D eigenvalue weighted by molar-refractivity contribution is -0.118. The van der Waals surface area contributed by atoms with Gasteiger partial charge in [-0.3, -0.25) is 4.79 Å². The molecule has 0 aliphatic heterocycles. The van der Waals surface area contributed by atoms with Crippen LogP contribution in [0.15, 0.2) is 29.6 Å². The Morgan fingerprint density at radius 2 is 1.86 bits per heavy atom. The predicted octanol–water partition coefficient (Wildman–Crippen LogP) is 4.60. The summed E-state index contributed by atoms with van der Waals surface area (Å²) in [5.41, 5.74) is 3.34. The van der Waals surface area contributed by atoms with Crippen molar-refractivity contribution in [1.29, 1.82) is 0 Å². The molecule has 0 saturated carbocycles. The summed E-state index contributed by atoms with van der Waals surface area (Å²) >= 11 is 1.46. The zero-order valence-corrected chi connectivity index (χ0v) is 13.8. The Hall–Kier alpha value is -1.68. The van der Waals surface area contributed by atoms with Crippen molar-refractivity contribution >= 4 is 22.4 Å². The average molecular weight is 302 g/mol. The highest BCUT2D eigenvalue weighted by atomic mass is 32.1. The molecule has 2 aromatic rings. The molecule has 0 bridgehead atoms. The first-order valence-electron chi connectivity index (χ1n) is 7.31. The summed E-state index contributed by atoms with van der Waals surface area (Å²) in [6.07, 6.45) is 1.09. The summed E-state index contributed by atoms with van der Waals surface area (Å²) in [6.45, 7) is 8.19. The van der Waals surface area contributed by atoms with E-state index in [0.717, 1.165) is 17.7 Å². The van der Waals surface area contributed by atoms with Gasteiger partial charge in [0.05, 0.1) is 5.69 Å². The molecule has 1 aromatic carbocycles. The van der Waals surface area contributed by atoms with Crippen molar-refractivity contribution in [3.63, 3.8) is 0 Å². The molecule has 1 aromatic heterocycles. The van der Waals surface area contributed by atoms with Gasteiger partial charge >= 0.3 is 0 Å². The predicted molar refractivity (Wildman–Crippen MR) is 89.6 cm³/mol. The lowest BCUT2D eigenvalue weighted by Crippen LogP contribution is -2.17. The molecule has 1 amide bonds. The molecule has 0 aliphatic rings. The number of rotatable bonds is 5. The maximum Gasteiger partial charge on any atom is 0.228 e. The number of hydrogen-bond donors (Lipinski definition) is 1. The van der Waals surface area contributed by atoms with Crippen molar-refractivity contribution in [2.75, 3.05) is 5.32 Å². The molecule has 2 rings (SSSR count). The number of carbonyl (C=O) groups excluding carboxylic acids is 1. The van der Waals surface area contributed by atoms with E-state index >= 15 is 0 Å². The molecule has 0 atom stereocenters. The van der Waals surface area contributed by atoms with Gasteiger partial charge in [0, 0.05) is 16.9 Å². The molecular formula is C17H22N2OS. The fourth-order valence-corrected chi connectivity index (χ4v) is 2.72. The molecular weight excluding hydrogens is 280 g/mol. The van der Waals surface area contributed by atoms with Crippen molar-refractivity contribution in [2.24, 2.45) is 11.8 Å². The molecule has 1 N–H and O–H groups in total. The number of hydrogen-bond acceptors (Lipinski definition) is 3. The van der Waals surface area contributed by atoms with Crippen LogP contribution in [-0.4, -0.2) is 10.9 Å². The van der Waals surface area contributed by atoms with Gasteiger partial charge in [-0.05, 0) is 17.9 Å².